The van der Waals surface area contributed by atoms with Crippen LogP contribution in [0.3, 0.4) is 0 Å². The number of fused-ring (bicyclic) bond motifs is 2. The van der Waals surface area contributed by atoms with Gasteiger partial charge in [-0.15, -0.1) is 0 Å². The molecule has 0 saturated heterocycles. The molecule has 0 aromatic heterocycles. The van der Waals surface area contributed by atoms with Gasteiger partial charge in [0.1, 0.15) is 0 Å². The number of nitrogens with one attached hydrogen (secondary N) is 1. The molecule has 0 spiro atoms. The molecular formula is C22H24N2O4. The quantitative estimate of drug-likeness (QED) is 0.645. The van der Waals surface area contributed by atoms with Crippen LogP contribution in [-0.4, -0.2) is 24.8 Å². The summed E-state index contributed by atoms with van der Waals surface area (Å²) in [5.74, 6) is 0.918. The van der Waals surface area contributed by atoms with E-state index in [0.717, 1.165) is 19.3 Å². The minimum Gasteiger partial charge on any atom is -0.462 e. The van der Waals surface area contributed by atoms with Gasteiger partial charge >= 0.3 is 0 Å². The van der Waals surface area contributed by atoms with Crippen LogP contribution in [0.5, 0.6) is 11.5 Å². The van der Waals surface area contributed by atoms with Gasteiger partial charge in [-0.3, -0.25) is 10.1 Å². The van der Waals surface area contributed by atoms with Gasteiger partial charge in [0.25, 0.3) is 11.9 Å². The molecule has 0 unspecified atom stereocenters. The van der Waals surface area contributed by atoms with Crippen molar-refractivity contribution < 1.29 is 19.0 Å². The molecule has 0 radical (unpaired) electrons. The van der Waals surface area contributed by atoms with Crippen molar-refractivity contribution in [3.05, 3.63) is 59.2 Å². The standard InChI is InChI=1S/C22H24N2O4/c1-14(2)28-22(23-18-9-5-7-15-6-3-4-8-17(15)18)24-21(25)16-10-11-19-20(12-16)27-13-26-19/h3-4,6,8,10-12,14,18H,5,7,9,13H2,1-2H3,(H,23,24,25)/t18-/m1/s1. The smallest absolute Gasteiger partial charge is 0.292 e. The maximum Gasteiger partial charge on any atom is 0.292 e. The number of ether oxygens (including phenoxy) is 3. The fraction of sp³-hybridized carbons (Fsp3) is 0.364. The van der Waals surface area contributed by atoms with Gasteiger partial charge < -0.3 is 14.2 Å². The van der Waals surface area contributed by atoms with Crippen LogP contribution in [0.1, 0.15) is 54.2 Å². The van der Waals surface area contributed by atoms with E-state index in [2.05, 4.69) is 23.5 Å². The maximum absolute atomic E-state index is 12.8. The Kier molecular flexibility index (Phi) is 5.19. The molecule has 0 saturated carbocycles. The number of nitrogens with zero attached hydrogens (tertiary/aromatic N) is 1. The number of hydrogen-bond acceptors (Lipinski definition) is 5. The predicted molar refractivity (Wildman–Crippen MR) is 106 cm³/mol. The second kappa shape index (κ2) is 7.92. The fourth-order valence-electron chi connectivity index (χ4n) is 3.53. The topological polar surface area (TPSA) is 69.2 Å². The molecular weight excluding hydrogens is 356 g/mol. The minimum absolute atomic E-state index is 0.0178. The van der Waals surface area contributed by atoms with Gasteiger partial charge in [-0.25, -0.2) is 4.99 Å². The van der Waals surface area contributed by atoms with Gasteiger partial charge in [0, 0.05) is 5.56 Å². The molecule has 1 heterocycles. The van der Waals surface area contributed by atoms with Crippen molar-refractivity contribution in [3.8, 4) is 11.5 Å². The van der Waals surface area contributed by atoms with Crippen LogP contribution in [0, 0.1) is 0 Å². The first-order chi connectivity index (χ1) is 13.6. The van der Waals surface area contributed by atoms with Gasteiger partial charge in [-0.05, 0) is 62.4 Å². The van der Waals surface area contributed by atoms with E-state index in [1.165, 1.54) is 11.1 Å². The monoisotopic (exact) mass is 380 g/mol. The molecule has 1 N–H and O–H groups in total. The molecule has 2 aliphatic rings. The van der Waals surface area contributed by atoms with Crippen molar-refractivity contribution in [1.82, 2.24) is 5.32 Å². The van der Waals surface area contributed by atoms with Crippen LogP contribution in [0.15, 0.2) is 47.5 Å². The van der Waals surface area contributed by atoms with Crippen molar-refractivity contribution in [2.75, 3.05) is 6.79 Å². The summed E-state index contributed by atoms with van der Waals surface area (Å²) in [7, 11) is 0. The zero-order valence-electron chi connectivity index (χ0n) is 16.1. The van der Waals surface area contributed by atoms with E-state index in [0.29, 0.717) is 17.1 Å². The largest absolute Gasteiger partial charge is 0.462 e. The van der Waals surface area contributed by atoms with E-state index in [9.17, 15) is 4.79 Å². The van der Waals surface area contributed by atoms with E-state index < -0.39 is 0 Å². The first-order valence-corrected chi connectivity index (χ1v) is 9.63. The van der Waals surface area contributed by atoms with E-state index in [1.54, 1.807) is 18.2 Å². The van der Waals surface area contributed by atoms with Crippen molar-refractivity contribution in [2.24, 2.45) is 4.99 Å². The predicted octanol–water partition coefficient (Wildman–Crippen LogP) is 4.00. The summed E-state index contributed by atoms with van der Waals surface area (Å²) in [5.41, 5.74) is 2.98. The van der Waals surface area contributed by atoms with E-state index >= 15 is 0 Å². The number of aryl methyl sites for hydroxylation is 1. The van der Waals surface area contributed by atoms with Crippen LogP contribution in [0.2, 0.25) is 0 Å². The van der Waals surface area contributed by atoms with Crippen molar-refractivity contribution >= 4 is 11.9 Å². The number of amidine groups is 1. The number of aliphatic imine (C=N–C) groups is 1. The first kappa shape index (κ1) is 18.3. The van der Waals surface area contributed by atoms with Crippen molar-refractivity contribution in [3.63, 3.8) is 0 Å². The van der Waals surface area contributed by atoms with E-state index in [1.807, 2.05) is 19.9 Å². The molecule has 1 aliphatic carbocycles. The Hall–Kier alpha value is -3.02. The highest BCUT2D eigenvalue weighted by Crippen LogP contribution is 2.33. The summed E-state index contributed by atoms with van der Waals surface area (Å²) < 4.78 is 16.5. The first-order valence-electron chi connectivity index (χ1n) is 9.63. The summed E-state index contributed by atoms with van der Waals surface area (Å²) in [6.45, 7) is 4.00. The molecule has 6 nitrogen and oxygen atoms in total. The lowest BCUT2D eigenvalue weighted by Crippen LogP contribution is -2.34. The number of carbonyl (C=O) groups is 1. The van der Waals surface area contributed by atoms with Crippen molar-refractivity contribution in [2.45, 2.75) is 45.3 Å². The van der Waals surface area contributed by atoms with E-state index in [-0.39, 0.29) is 30.9 Å². The van der Waals surface area contributed by atoms with E-state index in [4.69, 9.17) is 19.2 Å². The molecule has 0 bridgehead atoms. The number of rotatable bonds is 3. The van der Waals surface area contributed by atoms with Gasteiger partial charge in [-0.2, -0.15) is 0 Å². The summed E-state index contributed by atoms with van der Waals surface area (Å²) in [4.78, 5) is 17.5. The Morgan fingerprint density at radius 1 is 1.18 bits per heavy atom. The number of carbonyl (C=O) groups excluding carboxylic acids is 1. The molecule has 1 atom stereocenters. The lowest BCUT2D eigenvalue weighted by Gasteiger charge is -2.23. The second-order valence-corrected chi connectivity index (χ2v) is 7.23. The molecule has 0 fully saturated rings. The summed E-state index contributed by atoms with van der Waals surface area (Å²) in [6.07, 6.45) is 2.96. The van der Waals surface area contributed by atoms with Gasteiger partial charge in [0.05, 0.1) is 12.1 Å². The highest BCUT2D eigenvalue weighted by atomic mass is 16.7. The van der Waals surface area contributed by atoms with Crippen LogP contribution in [0.4, 0.5) is 0 Å². The average Bonchev–Trinajstić information content (AvgIpc) is 3.15. The van der Waals surface area contributed by atoms with Gasteiger partial charge in [0.15, 0.2) is 11.5 Å². The Balaban J connectivity index is 1.57. The number of amides is 1. The highest BCUT2D eigenvalue weighted by Gasteiger charge is 2.22. The van der Waals surface area contributed by atoms with Crippen LogP contribution < -0.4 is 14.8 Å². The summed E-state index contributed by atoms with van der Waals surface area (Å²) >= 11 is 0. The van der Waals surface area contributed by atoms with Crippen LogP contribution >= 0.6 is 0 Å². The average molecular weight is 380 g/mol. The molecule has 6 heteroatoms. The molecule has 2 aromatic carbocycles. The zero-order chi connectivity index (χ0) is 19.5. The SMILES string of the molecule is CC(C)OC(=N[C@@H]1CCCc2ccccc21)NC(=O)c1ccc2c(c1)OCO2. The summed E-state index contributed by atoms with van der Waals surface area (Å²) in [5, 5.41) is 2.83. The van der Waals surface area contributed by atoms with Crippen molar-refractivity contribution in [1.29, 1.82) is 0 Å². The Labute approximate surface area is 164 Å². The Morgan fingerprint density at radius 3 is 2.86 bits per heavy atom. The van der Waals surface area contributed by atoms with Crippen LogP contribution in [-0.2, 0) is 11.2 Å². The molecule has 2 aromatic rings. The molecule has 4 rings (SSSR count). The lowest BCUT2D eigenvalue weighted by molar-refractivity contribution is 0.0959. The molecule has 146 valence electrons. The third-order valence-corrected chi connectivity index (χ3v) is 4.81. The number of hydrogen-bond donors (Lipinski definition) is 1. The normalized spacial score (nSPS) is 18.0. The zero-order valence-corrected chi connectivity index (χ0v) is 16.1. The number of benzene rings is 2. The third-order valence-electron chi connectivity index (χ3n) is 4.81. The second-order valence-electron chi connectivity index (χ2n) is 7.23. The molecule has 1 aliphatic heterocycles. The van der Waals surface area contributed by atoms with Crippen LogP contribution in [0.25, 0.3) is 0 Å². The maximum atomic E-state index is 12.8. The third kappa shape index (κ3) is 3.96. The Morgan fingerprint density at radius 2 is 2.00 bits per heavy atom. The minimum atomic E-state index is -0.290. The molecule has 28 heavy (non-hydrogen) atoms. The Bertz CT molecular complexity index is 907. The fourth-order valence-corrected chi connectivity index (χ4v) is 3.53. The lowest BCUT2D eigenvalue weighted by atomic mass is 9.88. The summed E-state index contributed by atoms with van der Waals surface area (Å²) in [6, 6.07) is 13.7. The van der Waals surface area contributed by atoms with Gasteiger partial charge in [-0.1, -0.05) is 24.3 Å². The molecule has 1 amide bonds. The highest BCUT2D eigenvalue weighted by molar-refractivity contribution is 6.04. The van der Waals surface area contributed by atoms with Gasteiger partial charge in [0.2, 0.25) is 6.79 Å².